The van der Waals surface area contributed by atoms with E-state index in [0.717, 1.165) is 36.1 Å². The summed E-state index contributed by atoms with van der Waals surface area (Å²) in [5, 5.41) is 3.53. The Morgan fingerprint density at radius 2 is 1.95 bits per heavy atom. The Morgan fingerprint density at radius 1 is 1.15 bits per heavy atom. The van der Waals surface area contributed by atoms with Crippen LogP contribution in [0.3, 0.4) is 0 Å². The first kappa shape index (κ1) is 13.2. The fourth-order valence-electron chi connectivity index (χ4n) is 3.02. The van der Waals surface area contributed by atoms with E-state index < -0.39 is 0 Å². The van der Waals surface area contributed by atoms with E-state index in [2.05, 4.69) is 36.5 Å². The molecule has 2 aromatic carbocycles. The van der Waals surface area contributed by atoms with Crippen molar-refractivity contribution in [1.82, 2.24) is 0 Å². The molecule has 1 nitrogen and oxygen atoms in total. The average molecular weight is 269 g/mol. The summed E-state index contributed by atoms with van der Waals surface area (Å²) in [7, 11) is 0. The van der Waals surface area contributed by atoms with E-state index in [1.807, 2.05) is 6.07 Å². The van der Waals surface area contributed by atoms with Gasteiger partial charge in [0.25, 0.3) is 0 Å². The molecule has 1 atom stereocenters. The number of halogens is 1. The van der Waals surface area contributed by atoms with Gasteiger partial charge in [-0.3, -0.25) is 0 Å². The molecule has 1 aliphatic rings. The zero-order valence-corrected chi connectivity index (χ0v) is 11.8. The van der Waals surface area contributed by atoms with Crippen LogP contribution in [0, 0.1) is 5.82 Å². The number of hydrogen-bond donors (Lipinski definition) is 1. The summed E-state index contributed by atoms with van der Waals surface area (Å²) in [5.74, 6) is -0.0647. The van der Waals surface area contributed by atoms with E-state index >= 15 is 0 Å². The van der Waals surface area contributed by atoms with Gasteiger partial charge in [0.2, 0.25) is 0 Å². The maximum atomic E-state index is 13.7. The minimum absolute atomic E-state index is 0.0647. The van der Waals surface area contributed by atoms with E-state index in [1.165, 1.54) is 12.0 Å². The second kappa shape index (κ2) is 5.66. The maximum absolute atomic E-state index is 13.7. The maximum Gasteiger partial charge on any atom is 0.126 e. The van der Waals surface area contributed by atoms with Crippen LogP contribution in [0.1, 0.15) is 42.5 Å². The molecular formula is C18H20FN. The van der Waals surface area contributed by atoms with Crippen LogP contribution in [0.15, 0.2) is 42.5 Å². The van der Waals surface area contributed by atoms with Gasteiger partial charge in [-0.05, 0) is 54.2 Å². The summed E-state index contributed by atoms with van der Waals surface area (Å²) in [5.41, 5.74) is 4.48. The lowest BCUT2D eigenvalue weighted by molar-refractivity contribution is 0.612. The van der Waals surface area contributed by atoms with Crippen LogP contribution in [0.4, 0.5) is 10.1 Å². The average Bonchev–Trinajstić information content (AvgIpc) is 2.86. The molecule has 1 N–H and O–H groups in total. The van der Waals surface area contributed by atoms with E-state index in [1.54, 1.807) is 12.1 Å². The van der Waals surface area contributed by atoms with Gasteiger partial charge in [-0.1, -0.05) is 37.6 Å². The Hall–Kier alpha value is -1.83. The predicted octanol–water partition coefficient (Wildman–Crippen LogP) is 4.88. The molecule has 1 unspecified atom stereocenters. The van der Waals surface area contributed by atoms with Crippen LogP contribution in [-0.2, 0) is 12.8 Å². The van der Waals surface area contributed by atoms with Crippen molar-refractivity contribution < 1.29 is 4.39 Å². The SMILES string of the molecule is CCCc1ccc(NC2CCc3c(F)cccc32)cc1. The largest absolute Gasteiger partial charge is 0.378 e. The molecule has 0 heterocycles. The van der Waals surface area contributed by atoms with Crippen molar-refractivity contribution in [2.24, 2.45) is 0 Å². The summed E-state index contributed by atoms with van der Waals surface area (Å²) in [6.45, 7) is 2.19. The molecule has 0 spiro atoms. The molecule has 0 saturated heterocycles. The zero-order valence-electron chi connectivity index (χ0n) is 11.8. The number of rotatable bonds is 4. The highest BCUT2D eigenvalue weighted by Gasteiger charge is 2.24. The van der Waals surface area contributed by atoms with Crippen molar-refractivity contribution in [3.8, 4) is 0 Å². The minimum Gasteiger partial charge on any atom is -0.378 e. The number of benzene rings is 2. The summed E-state index contributed by atoms with van der Waals surface area (Å²) >= 11 is 0. The fraction of sp³-hybridized carbons (Fsp3) is 0.333. The lowest BCUT2D eigenvalue weighted by atomic mass is 10.1. The summed E-state index contributed by atoms with van der Waals surface area (Å²) < 4.78 is 13.7. The van der Waals surface area contributed by atoms with Crippen LogP contribution < -0.4 is 5.32 Å². The third-order valence-corrected chi connectivity index (χ3v) is 4.05. The number of fused-ring (bicyclic) bond motifs is 1. The second-order valence-corrected chi connectivity index (χ2v) is 5.49. The Bertz CT molecular complexity index is 589. The van der Waals surface area contributed by atoms with Crippen molar-refractivity contribution in [2.45, 2.75) is 38.6 Å². The molecule has 0 bridgehead atoms. The predicted molar refractivity (Wildman–Crippen MR) is 81.5 cm³/mol. The van der Waals surface area contributed by atoms with Crippen molar-refractivity contribution in [2.75, 3.05) is 5.32 Å². The highest BCUT2D eigenvalue weighted by Crippen LogP contribution is 2.35. The molecule has 2 aromatic rings. The van der Waals surface area contributed by atoms with Gasteiger partial charge in [-0.15, -0.1) is 0 Å². The molecular weight excluding hydrogens is 249 g/mol. The summed E-state index contributed by atoms with van der Waals surface area (Å²) in [6.07, 6.45) is 4.08. The molecule has 104 valence electrons. The van der Waals surface area contributed by atoms with Crippen molar-refractivity contribution in [3.05, 3.63) is 65.0 Å². The standard InChI is InChI=1S/C18H20FN/c1-2-4-13-7-9-14(10-8-13)20-18-12-11-15-16(18)5-3-6-17(15)19/h3,5-10,18,20H,2,4,11-12H2,1H3. The van der Waals surface area contributed by atoms with Gasteiger partial charge in [-0.25, -0.2) is 4.39 Å². The molecule has 0 radical (unpaired) electrons. The molecule has 1 aliphatic carbocycles. The van der Waals surface area contributed by atoms with Gasteiger partial charge in [0.1, 0.15) is 5.82 Å². The van der Waals surface area contributed by atoms with E-state index in [-0.39, 0.29) is 11.9 Å². The van der Waals surface area contributed by atoms with E-state index in [0.29, 0.717) is 0 Å². The van der Waals surface area contributed by atoms with Gasteiger partial charge in [-0.2, -0.15) is 0 Å². The smallest absolute Gasteiger partial charge is 0.126 e. The Balaban J connectivity index is 1.75. The van der Waals surface area contributed by atoms with Crippen LogP contribution in [0.25, 0.3) is 0 Å². The Labute approximate surface area is 119 Å². The van der Waals surface area contributed by atoms with Crippen LogP contribution >= 0.6 is 0 Å². The normalized spacial score (nSPS) is 17.0. The monoisotopic (exact) mass is 269 g/mol. The molecule has 0 fully saturated rings. The number of anilines is 1. The molecule has 0 saturated carbocycles. The molecule has 0 aliphatic heterocycles. The highest BCUT2D eigenvalue weighted by atomic mass is 19.1. The van der Waals surface area contributed by atoms with Gasteiger partial charge >= 0.3 is 0 Å². The third kappa shape index (κ3) is 2.55. The first-order valence-corrected chi connectivity index (χ1v) is 7.40. The number of nitrogens with one attached hydrogen (secondary N) is 1. The van der Waals surface area contributed by atoms with Crippen LogP contribution in [-0.4, -0.2) is 0 Å². The molecule has 0 aromatic heterocycles. The van der Waals surface area contributed by atoms with Crippen molar-refractivity contribution in [3.63, 3.8) is 0 Å². The number of aryl methyl sites for hydroxylation is 1. The minimum atomic E-state index is -0.0647. The first-order chi connectivity index (χ1) is 9.78. The molecule has 2 heteroatoms. The molecule has 0 amide bonds. The molecule has 20 heavy (non-hydrogen) atoms. The van der Waals surface area contributed by atoms with Crippen molar-refractivity contribution in [1.29, 1.82) is 0 Å². The van der Waals surface area contributed by atoms with E-state index in [9.17, 15) is 4.39 Å². The van der Waals surface area contributed by atoms with Crippen LogP contribution in [0.5, 0.6) is 0 Å². The summed E-state index contributed by atoms with van der Waals surface area (Å²) in [6, 6.07) is 14.2. The highest BCUT2D eigenvalue weighted by molar-refractivity contribution is 5.49. The topological polar surface area (TPSA) is 12.0 Å². The zero-order chi connectivity index (χ0) is 13.9. The third-order valence-electron chi connectivity index (χ3n) is 4.05. The second-order valence-electron chi connectivity index (χ2n) is 5.49. The molecule has 3 rings (SSSR count). The van der Waals surface area contributed by atoms with Gasteiger partial charge < -0.3 is 5.32 Å². The van der Waals surface area contributed by atoms with Crippen molar-refractivity contribution >= 4 is 5.69 Å². The fourth-order valence-corrected chi connectivity index (χ4v) is 3.02. The van der Waals surface area contributed by atoms with Crippen LogP contribution in [0.2, 0.25) is 0 Å². The van der Waals surface area contributed by atoms with Gasteiger partial charge in [0.05, 0.1) is 6.04 Å². The lowest BCUT2D eigenvalue weighted by Crippen LogP contribution is -2.07. The number of hydrogen-bond acceptors (Lipinski definition) is 1. The quantitative estimate of drug-likeness (QED) is 0.834. The van der Waals surface area contributed by atoms with E-state index in [4.69, 9.17) is 0 Å². The Morgan fingerprint density at radius 3 is 2.70 bits per heavy atom. The summed E-state index contributed by atoms with van der Waals surface area (Å²) in [4.78, 5) is 0. The Kier molecular flexibility index (Phi) is 3.72. The van der Waals surface area contributed by atoms with Gasteiger partial charge in [0.15, 0.2) is 0 Å². The first-order valence-electron chi connectivity index (χ1n) is 7.40. The van der Waals surface area contributed by atoms with Gasteiger partial charge in [0, 0.05) is 5.69 Å². The lowest BCUT2D eigenvalue weighted by Gasteiger charge is -2.16.